The highest BCUT2D eigenvalue weighted by Gasteiger charge is 2.35. The van der Waals surface area contributed by atoms with Gasteiger partial charge in [0.15, 0.2) is 0 Å². The number of hydrogen-bond acceptors (Lipinski definition) is 4. The van der Waals surface area contributed by atoms with Crippen LogP contribution in [0.1, 0.15) is 43.7 Å². The summed E-state index contributed by atoms with van der Waals surface area (Å²) in [7, 11) is 0. The quantitative estimate of drug-likeness (QED) is 0.862. The Bertz CT molecular complexity index is 640. The monoisotopic (exact) mass is 373 g/mol. The Morgan fingerprint density at radius 3 is 2.56 bits per heavy atom. The third kappa shape index (κ3) is 4.82. The maximum Gasteiger partial charge on any atom is 0.225 e. The van der Waals surface area contributed by atoms with E-state index in [4.69, 9.17) is 10.5 Å². The molecule has 5 nitrogen and oxygen atoms in total. The van der Waals surface area contributed by atoms with E-state index in [2.05, 4.69) is 43.9 Å². The second-order valence-corrected chi connectivity index (χ2v) is 8.19. The summed E-state index contributed by atoms with van der Waals surface area (Å²) in [6.07, 6.45) is 3.69. The van der Waals surface area contributed by atoms with Gasteiger partial charge >= 0.3 is 0 Å². The minimum atomic E-state index is -0.0178. The van der Waals surface area contributed by atoms with Crippen LogP contribution in [0.5, 0.6) is 0 Å². The lowest BCUT2D eigenvalue weighted by Crippen LogP contribution is -2.52. The lowest BCUT2D eigenvalue weighted by molar-refractivity contribution is -0.138. The molecule has 1 saturated carbocycles. The maximum absolute atomic E-state index is 13.0. The van der Waals surface area contributed by atoms with E-state index in [0.717, 1.165) is 58.5 Å². The van der Waals surface area contributed by atoms with Crippen LogP contribution in [-0.4, -0.2) is 55.7 Å². The zero-order valence-electron chi connectivity index (χ0n) is 17.1. The van der Waals surface area contributed by atoms with E-state index in [-0.39, 0.29) is 18.1 Å². The van der Waals surface area contributed by atoms with E-state index in [1.165, 1.54) is 16.8 Å². The molecule has 2 aliphatic rings. The number of carbonyl (C=O) groups is 1. The van der Waals surface area contributed by atoms with Gasteiger partial charge in [0.1, 0.15) is 0 Å². The van der Waals surface area contributed by atoms with Crippen molar-refractivity contribution in [3.63, 3.8) is 0 Å². The van der Waals surface area contributed by atoms with Gasteiger partial charge in [-0.15, -0.1) is 0 Å². The Balaban J connectivity index is 1.51. The molecule has 1 aliphatic carbocycles. The number of rotatable bonds is 5. The second-order valence-electron chi connectivity index (χ2n) is 8.19. The molecular formula is C22H35N3O2. The fourth-order valence-corrected chi connectivity index (χ4v) is 4.46. The van der Waals surface area contributed by atoms with Crippen LogP contribution in [0.25, 0.3) is 0 Å². The van der Waals surface area contributed by atoms with Crippen molar-refractivity contribution in [1.29, 1.82) is 0 Å². The van der Waals surface area contributed by atoms with Gasteiger partial charge in [-0.1, -0.05) is 24.6 Å². The summed E-state index contributed by atoms with van der Waals surface area (Å²) in [5, 5.41) is 0. The average Bonchev–Trinajstić information content (AvgIpc) is 2.67. The van der Waals surface area contributed by atoms with Gasteiger partial charge in [-0.2, -0.15) is 0 Å². The predicted octanol–water partition coefficient (Wildman–Crippen LogP) is 2.87. The molecule has 1 aromatic carbocycles. The van der Waals surface area contributed by atoms with Gasteiger partial charge in [0.2, 0.25) is 5.91 Å². The molecule has 1 aromatic rings. The van der Waals surface area contributed by atoms with E-state index in [0.29, 0.717) is 5.91 Å². The van der Waals surface area contributed by atoms with Crippen molar-refractivity contribution in [2.24, 2.45) is 11.7 Å². The number of ether oxygens (including phenoxy) is 1. The lowest BCUT2D eigenvalue weighted by Gasteiger charge is -2.40. The fourth-order valence-electron chi connectivity index (χ4n) is 4.46. The summed E-state index contributed by atoms with van der Waals surface area (Å²) in [5.74, 6) is 0.355. The molecule has 2 fully saturated rings. The first-order chi connectivity index (χ1) is 13.0. The highest BCUT2D eigenvalue weighted by atomic mass is 16.5. The molecule has 0 aromatic heterocycles. The Kier molecular flexibility index (Phi) is 6.77. The molecule has 1 amide bonds. The van der Waals surface area contributed by atoms with Gasteiger partial charge < -0.3 is 20.3 Å². The number of hydrogen-bond donors (Lipinski definition) is 1. The molecule has 0 spiro atoms. The Morgan fingerprint density at radius 2 is 1.93 bits per heavy atom. The molecule has 0 bridgehead atoms. The number of benzene rings is 1. The zero-order chi connectivity index (χ0) is 19.4. The van der Waals surface area contributed by atoms with Crippen LogP contribution in [-0.2, 0) is 9.53 Å². The highest BCUT2D eigenvalue weighted by molar-refractivity contribution is 5.79. The van der Waals surface area contributed by atoms with Crippen LogP contribution in [0.3, 0.4) is 0 Å². The number of nitrogens with zero attached hydrogens (tertiary/aromatic N) is 2. The minimum Gasteiger partial charge on any atom is -0.377 e. The van der Waals surface area contributed by atoms with Gasteiger partial charge in [-0.05, 0) is 51.2 Å². The molecule has 3 rings (SSSR count). The van der Waals surface area contributed by atoms with Crippen LogP contribution >= 0.6 is 0 Å². The second kappa shape index (κ2) is 9.07. The minimum absolute atomic E-state index is 0.0178. The molecule has 1 aliphatic heterocycles. The fraction of sp³-hybridized carbons (Fsp3) is 0.682. The van der Waals surface area contributed by atoms with E-state index in [1.807, 2.05) is 4.90 Å². The van der Waals surface area contributed by atoms with E-state index in [1.54, 1.807) is 0 Å². The number of carbonyl (C=O) groups excluding carboxylic acids is 1. The van der Waals surface area contributed by atoms with Gasteiger partial charge in [-0.3, -0.25) is 4.79 Å². The zero-order valence-corrected chi connectivity index (χ0v) is 17.1. The van der Waals surface area contributed by atoms with Crippen molar-refractivity contribution in [1.82, 2.24) is 4.90 Å². The summed E-state index contributed by atoms with van der Waals surface area (Å²) in [5.41, 5.74) is 10.2. The molecule has 1 saturated heterocycles. The molecule has 0 radical (unpaired) electrons. The third-order valence-electron chi connectivity index (χ3n) is 6.00. The Morgan fingerprint density at radius 1 is 1.19 bits per heavy atom. The van der Waals surface area contributed by atoms with Crippen LogP contribution < -0.4 is 10.6 Å². The van der Waals surface area contributed by atoms with Crippen molar-refractivity contribution in [3.8, 4) is 0 Å². The first kappa shape index (κ1) is 20.2. The maximum atomic E-state index is 13.0. The Hall–Kier alpha value is -1.59. The molecule has 5 heteroatoms. The van der Waals surface area contributed by atoms with E-state index < -0.39 is 0 Å². The van der Waals surface area contributed by atoms with Crippen LogP contribution in [0.15, 0.2) is 18.2 Å². The molecule has 27 heavy (non-hydrogen) atoms. The normalized spacial score (nSPS) is 26.3. The number of amides is 1. The largest absolute Gasteiger partial charge is 0.377 e. The van der Waals surface area contributed by atoms with Crippen molar-refractivity contribution in [2.75, 3.05) is 37.7 Å². The van der Waals surface area contributed by atoms with Crippen LogP contribution in [0, 0.1) is 19.8 Å². The van der Waals surface area contributed by atoms with Crippen molar-refractivity contribution in [2.45, 2.75) is 58.6 Å². The molecule has 150 valence electrons. The SMILES string of the molecule is CCCO[C@@H]1CC[C@H](C(=O)N2CCN(c3ccc(C)cc3C)CC2)C[C@H]1N. The highest BCUT2D eigenvalue weighted by Crippen LogP contribution is 2.28. The van der Waals surface area contributed by atoms with Crippen molar-refractivity contribution >= 4 is 11.6 Å². The number of anilines is 1. The summed E-state index contributed by atoms with van der Waals surface area (Å²) in [4.78, 5) is 17.4. The predicted molar refractivity (Wildman–Crippen MR) is 110 cm³/mol. The van der Waals surface area contributed by atoms with Gasteiger partial charge in [0, 0.05) is 50.4 Å². The van der Waals surface area contributed by atoms with Crippen molar-refractivity contribution in [3.05, 3.63) is 29.3 Å². The first-order valence-electron chi connectivity index (χ1n) is 10.5. The Labute approximate surface area is 163 Å². The van der Waals surface area contributed by atoms with E-state index >= 15 is 0 Å². The van der Waals surface area contributed by atoms with E-state index in [9.17, 15) is 4.79 Å². The van der Waals surface area contributed by atoms with Crippen LogP contribution in [0.4, 0.5) is 5.69 Å². The smallest absolute Gasteiger partial charge is 0.225 e. The molecule has 3 atom stereocenters. The van der Waals surface area contributed by atoms with Gasteiger partial charge in [0.05, 0.1) is 6.10 Å². The summed E-state index contributed by atoms with van der Waals surface area (Å²) >= 11 is 0. The molecular weight excluding hydrogens is 338 g/mol. The molecule has 1 heterocycles. The topological polar surface area (TPSA) is 58.8 Å². The summed E-state index contributed by atoms with van der Waals surface area (Å²) < 4.78 is 5.84. The lowest BCUT2D eigenvalue weighted by atomic mass is 9.83. The molecule has 0 unspecified atom stereocenters. The summed E-state index contributed by atoms with van der Waals surface area (Å²) in [6, 6.07) is 6.59. The standard InChI is InChI=1S/C22H35N3O2/c1-4-13-27-21-8-6-18(15-19(21)23)22(26)25-11-9-24(10-12-25)20-7-5-16(2)14-17(20)3/h5,7,14,18-19,21H,4,6,8-13,15,23H2,1-3H3/t18-,19+,21+/m0/s1. The van der Waals surface area contributed by atoms with Gasteiger partial charge in [0.25, 0.3) is 0 Å². The average molecular weight is 374 g/mol. The first-order valence-corrected chi connectivity index (χ1v) is 10.5. The van der Waals surface area contributed by atoms with Crippen molar-refractivity contribution < 1.29 is 9.53 Å². The molecule has 2 N–H and O–H groups in total. The van der Waals surface area contributed by atoms with Crippen LogP contribution in [0.2, 0.25) is 0 Å². The number of piperazine rings is 1. The third-order valence-corrected chi connectivity index (χ3v) is 6.00. The number of nitrogens with two attached hydrogens (primary N) is 1. The van der Waals surface area contributed by atoms with Gasteiger partial charge in [-0.25, -0.2) is 0 Å². The summed E-state index contributed by atoms with van der Waals surface area (Å²) in [6.45, 7) is 10.6. The number of aryl methyl sites for hydroxylation is 2.